The number of hydrogen-bond donors (Lipinski definition) is 1. The maximum Gasteiger partial charge on any atom is 0.307 e. The molecule has 7 nitrogen and oxygen atoms in total. The van der Waals surface area contributed by atoms with Crippen LogP contribution in [-0.2, 0) is 9.53 Å². The van der Waals surface area contributed by atoms with Crippen LogP contribution in [0.4, 0.5) is 0 Å². The number of halogens is 1. The second kappa shape index (κ2) is 7.41. The molecule has 0 radical (unpaired) electrons. The summed E-state index contributed by atoms with van der Waals surface area (Å²) in [4.78, 5) is 30.2. The average molecular weight is 365 g/mol. The van der Waals surface area contributed by atoms with Crippen LogP contribution in [-0.4, -0.2) is 58.9 Å². The van der Waals surface area contributed by atoms with Crippen LogP contribution in [0.2, 0.25) is 5.02 Å². The Morgan fingerprint density at radius 3 is 2.84 bits per heavy atom. The minimum Gasteiger partial charge on any atom is -0.469 e. The number of esters is 1. The van der Waals surface area contributed by atoms with Crippen molar-refractivity contribution in [1.82, 2.24) is 19.6 Å². The minimum absolute atomic E-state index is 0.159. The molecule has 2 atom stereocenters. The smallest absolute Gasteiger partial charge is 0.307 e. The summed E-state index contributed by atoms with van der Waals surface area (Å²) in [5, 5.41) is 3.51. The van der Waals surface area contributed by atoms with E-state index in [2.05, 4.69) is 15.2 Å². The van der Waals surface area contributed by atoms with Gasteiger partial charge in [-0.2, -0.15) is 0 Å². The molecule has 1 aliphatic rings. The zero-order valence-electron chi connectivity index (χ0n) is 14.2. The van der Waals surface area contributed by atoms with Gasteiger partial charge < -0.3 is 14.5 Å². The predicted octanol–water partition coefficient (Wildman–Crippen LogP) is 1.74. The van der Waals surface area contributed by atoms with Gasteiger partial charge in [0.2, 0.25) is 0 Å². The Labute approximate surface area is 150 Å². The number of ether oxygens (including phenoxy) is 1. The monoisotopic (exact) mass is 364 g/mol. The molecule has 1 fully saturated rings. The number of rotatable bonds is 5. The number of nitrogens with one attached hydrogen (secondary N) is 1. The summed E-state index contributed by atoms with van der Waals surface area (Å²) in [6.07, 6.45) is 5.60. The van der Waals surface area contributed by atoms with Crippen LogP contribution in [0.5, 0.6) is 0 Å². The van der Waals surface area contributed by atoms with Gasteiger partial charge >= 0.3 is 5.97 Å². The molecule has 1 N–H and O–H groups in total. The highest BCUT2D eigenvalue weighted by atomic mass is 35.5. The quantitative estimate of drug-likeness (QED) is 0.818. The van der Waals surface area contributed by atoms with Crippen LogP contribution in [0, 0.1) is 0 Å². The van der Waals surface area contributed by atoms with Gasteiger partial charge in [0.05, 0.1) is 18.6 Å². The van der Waals surface area contributed by atoms with E-state index < -0.39 is 0 Å². The zero-order chi connectivity index (χ0) is 18.0. The van der Waals surface area contributed by atoms with Crippen molar-refractivity contribution in [2.24, 2.45) is 0 Å². The highest BCUT2D eigenvalue weighted by molar-refractivity contribution is 6.30. The van der Waals surface area contributed by atoms with Crippen LogP contribution < -0.4 is 5.32 Å². The SMILES string of the molecule is COC(=O)C[C@H]1CC[C@@H](CNC(=O)c2cn3cc(Cl)ccc3n2)N1C. The van der Waals surface area contributed by atoms with Crippen LogP contribution in [0.3, 0.4) is 0 Å². The highest BCUT2D eigenvalue weighted by Crippen LogP contribution is 2.24. The number of methoxy groups -OCH3 is 1. The molecule has 1 saturated heterocycles. The Kier molecular flexibility index (Phi) is 5.24. The largest absolute Gasteiger partial charge is 0.469 e. The lowest BCUT2D eigenvalue weighted by Crippen LogP contribution is -2.41. The molecule has 134 valence electrons. The fraction of sp³-hybridized carbons (Fsp3) is 0.471. The van der Waals surface area contributed by atoms with Crippen molar-refractivity contribution in [2.75, 3.05) is 20.7 Å². The van der Waals surface area contributed by atoms with Crippen molar-refractivity contribution in [2.45, 2.75) is 31.3 Å². The van der Waals surface area contributed by atoms with Crippen LogP contribution in [0.15, 0.2) is 24.5 Å². The molecular formula is C17H21ClN4O3. The number of likely N-dealkylation sites (tertiary alicyclic amines) is 1. The van der Waals surface area contributed by atoms with Crippen LogP contribution >= 0.6 is 11.6 Å². The van der Waals surface area contributed by atoms with E-state index in [1.165, 1.54) is 7.11 Å². The van der Waals surface area contributed by atoms with Gasteiger partial charge in [0.1, 0.15) is 11.3 Å². The van der Waals surface area contributed by atoms with Gasteiger partial charge in [0, 0.05) is 31.0 Å². The number of fused-ring (bicyclic) bond motifs is 1. The molecule has 25 heavy (non-hydrogen) atoms. The lowest BCUT2D eigenvalue weighted by molar-refractivity contribution is -0.141. The summed E-state index contributed by atoms with van der Waals surface area (Å²) in [6.45, 7) is 0.516. The summed E-state index contributed by atoms with van der Waals surface area (Å²) in [5.41, 5.74) is 1.03. The summed E-state index contributed by atoms with van der Waals surface area (Å²) in [7, 11) is 3.38. The number of hydrogen-bond acceptors (Lipinski definition) is 5. The normalized spacial score (nSPS) is 20.8. The first-order valence-electron chi connectivity index (χ1n) is 8.19. The molecule has 0 aliphatic carbocycles. The Bertz CT molecular complexity index is 791. The van der Waals surface area contributed by atoms with Crippen molar-refractivity contribution in [3.63, 3.8) is 0 Å². The first-order chi connectivity index (χ1) is 12.0. The van der Waals surface area contributed by atoms with E-state index in [-0.39, 0.29) is 24.0 Å². The van der Waals surface area contributed by atoms with Gasteiger partial charge in [0.15, 0.2) is 0 Å². The molecule has 1 amide bonds. The van der Waals surface area contributed by atoms with Gasteiger partial charge in [-0.1, -0.05) is 11.6 Å². The molecule has 0 spiro atoms. The van der Waals surface area contributed by atoms with Crippen molar-refractivity contribution >= 4 is 29.1 Å². The minimum atomic E-state index is -0.218. The van der Waals surface area contributed by atoms with E-state index >= 15 is 0 Å². The third-order valence-corrected chi connectivity index (χ3v) is 4.98. The highest BCUT2D eigenvalue weighted by Gasteiger charge is 2.32. The van der Waals surface area contributed by atoms with Crippen molar-refractivity contribution in [3.8, 4) is 0 Å². The molecule has 1 aliphatic heterocycles. The number of carbonyl (C=O) groups excluding carboxylic acids is 2. The summed E-state index contributed by atoms with van der Waals surface area (Å²) >= 11 is 5.94. The van der Waals surface area contributed by atoms with E-state index in [0.29, 0.717) is 29.3 Å². The first kappa shape index (κ1) is 17.7. The molecule has 2 aromatic rings. The van der Waals surface area contributed by atoms with Gasteiger partial charge in [-0.25, -0.2) is 4.98 Å². The molecule has 0 unspecified atom stereocenters. The van der Waals surface area contributed by atoms with Crippen molar-refractivity contribution < 1.29 is 14.3 Å². The summed E-state index contributed by atoms with van der Waals surface area (Å²) in [6, 6.07) is 3.86. The Morgan fingerprint density at radius 1 is 1.32 bits per heavy atom. The van der Waals surface area contributed by atoms with Crippen molar-refractivity contribution in [1.29, 1.82) is 0 Å². The Morgan fingerprint density at radius 2 is 2.08 bits per heavy atom. The fourth-order valence-electron chi connectivity index (χ4n) is 3.23. The summed E-state index contributed by atoms with van der Waals surface area (Å²) in [5.74, 6) is -0.422. The molecule has 2 aromatic heterocycles. The second-order valence-electron chi connectivity index (χ2n) is 6.28. The maximum atomic E-state index is 12.4. The van der Waals surface area contributed by atoms with E-state index in [9.17, 15) is 9.59 Å². The third kappa shape index (κ3) is 3.93. The van der Waals surface area contributed by atoms with E-state index in [0.717, 1.165) is 12.8 Å². The third-order valence-electron chi connectivity index (χ3n) is 4.76. The standard InChI is InChI=1S/C17H21ClN4O3/c1-21-12(7-16(23)25-2)4-5-13(21)8-19-17(24)14-10-22-9-11(18)3-6-15(22)20-14/h3,6,9-10,12-13H,4-5,7-8H2,1-2H3,(H,19,24)/t12-,13+/m1/s1. The lowest BCUT2D eigenvalue weighted by atomic mass is 10.1. The Hall–Kier alpha value is -2.12. The number of pyridine rings is 1. The van der Waals surface area contributed by atoms with E-state index in [4.69, 9.17) is 16.3 Å². The van der Waals surface area contributed by atoms with E-state index in [1.807, 2.05) is 7.05 Å². The number of carbonyl (C=O) groups is 2. The molecule has 0 saturated carbocycles. The number of amides is 1. The molecule has 3 heterocycles. The topological polar surface area (TPSA) is 75.9 Å². The number of aromatic nitrogens is 2. The number of nitrogens with zero attached hydrogens (tertiary/aromatic N) is 3. The molecule has 0 aromatic carbocycles. The van der Waals surface area contributed by atoms with Gasteiger partial charge in [-0.15, -0.1) is 0 Å². The average Bonchev–Trinajstić information content (AvgIpc) is 3.16. The van der Waals surface area contributed by atoms with Gasteiger partial charge in [-0.3, -0.25) is 14.5 Å². The predicted molar refractivity (Wildman–Crippen MR) is 93.7 cm³/mol. The molecular weight excluding hydrogens is 344 g/mol. The molecule has 8 heteroatoms. The first-order valence-corrected chi connectivity index (χ1v) is 8.57. The maximum absolute atomic E-state index is 12.4. The molecule has 3 rings (SSSR count). The Balaban J connectivity index is 1.57. The van der Waals surface area contributed by atoms with Crippen LogP contribution in [0.1, 0.15) is 29.8 Å². The lowest BCUT2D eigenvalue weighted by Gasteiger charge is -2.25. The van der Waals surface area contributed by atoms with Gasteiger partial charge in [0.25, 0.3) is 5.91 Å². The zero-order valence-corrected chi connectivity index (χ0v) is 15.0. The fourth-order valence-corrected chi connectivity index (χ4v) is 3.40. The van der Waals surface area contributed by atoms with Crippen molar-refractivity contribution in [3.05, 3.63) is 35.2 Å². The number of imidazole rings is 1. The van der Waals surface area contributed by atoms with E-state index in [1.54, 1.807) is 28.9 Å². The van der Waals surface area contributed by atoms with Gasteiger partial charge in [-0.05, 0) is 32.0 Å². The summed E-state index contributed by atoms with van der Waals surface area (Å²) < 4.78 is 6.46. The van der Waals surface area contributed by atoms with Crippen LogP contribution in [0.25, 0.3) is 5.65 Å². The molecule has 0 bridgehead atoms. The number of likely N-dealkylation sites (N-methyl/N-ethyl adjacent to an activating group) is 1. The second-order valence-corrected chi connectivity index (χ2v) is 6.72.